The average Bonchev–Trinajstić information content (AvgIpc) is 3.30. The van der Waals surface area contributed by atoms with Gasteiger partial charge in [-0.2, -0.15) is 0 Å². The summed E-state index contributed by atoms with van der Waals surface area (Å²) < 4.78 is 17.9. The molecule has 0 atom stereocenters. The molecule has 3 aromatic rings. The molecule has 0 spiro atoms. The van der Waals surface area contributed by atoms with Gasteiger partial charge in [0.1, 0.15) is 11.5 Å². The number of nitrogens with zero attached hydrogens (tertiary/aromatic N) is 1. The van der Waals surface area contributed by atoms with Crippen LogP contribution < -0.4 is 4.74 Å². The molecule has 0 amide bonds. The molecule has 0 bridgehead atoms. The van der Waals surface area contributed by atoms with E-state index in [0.29, 0.717) is 17.9 Å². The van der Waals surface area contributed by atoms with Crippen molar-refractivity contribution in [3.8, 4) is 5.75 Å². The van der Waals surface area contributed by atoms with Crippen molar-refractivity contribution < 1.29 is 23.5 Å². The van der Waals surface area contributed by atoms with Gasteiger partial charge in [0, 0.05) is 22.5 Å². The molecule has 2 aromatic heterocycles. The van der Waals surface area contributed by atoms with Crippen molar-refractivity contribution in [2.24, 2.45) is 0 Å². The molecule has 2 heterocycles. The van der Waals surface area contributed by atoms with E-state index in [1.807, 2.05) is 61.7 Å². The normalized spacial score (nSPS) is 10.8. The van der Waals surface area contributed by atoms with Crippen LogP contribution in [0.1, 0.15) is 38.6 Å². The van der Waals surface area contributed by atoms with Crippen molar-refractivity contribution in [2.75, 3.05) is 13.7 Å². The van der Waals surface area contributed by atoms with Crippen molar-refractivity contribution in [3.05, 3.63) is 76.5 Å². The van der Waals surface area contributed by atoms with E-state index < -0.39 is 5.97 Å². The van der Waals surface area contributed by atoms with E-state index in [0.717, 1.165) is 28.3 Å². The number of carbonyl (C=O) groups is 2. The van der Waals surface area contributed by atoms with Gasteiger partial charge in [-0.3, -0.25) is 9.59 Å². The van der Waals surface area contributed by atoms with Gasteiger partial charge >= 0.3 is 5.97 Å². The second-order valence-electron chi connectivity index (χ2n) is 7.03. The summed E-state index contributed by atoms with van der Waals surface area (Å²) in [5, 5.41) is 0. The number of benzene rings is 1. The number of carbonyl (C=O) groups excluding carboxylic acids is 2. The van der Waals surface area contributed by atoms with Crippen LogP contribution in [0.2, 0.25) is 0 Å². The molecule has 1 aromatic carbocycles. The molecule has 3 rings (SSSR count). The van der Waals surface area contributed by atoms with E-state index in [-0.39, 0.29) is 18.8 Å². The van der Waals surface area contributed by atoms with Gasteiger partial charge in [-0.25, -0.2) is 0 Å². The number of rotatable bonds is 8. The number of methoxy groups -OCH3 is 1. The van der Waals surface area contributed by atoms with Gasteiger partial charge in [0.2, 0.25) is 5.78 Å². The Morgan fingerprint density at radius 2 is 1.90 bits per heavy atom. The lowest BCUT2D eigenvalue weighted by Crippen LogP contribution is -2.16. The van der Waals surface area contributed by atoms with Gasteiger partial charge in [-0.1, -0.05) is 17.7 Å². The maximum atomic E-state index is 12.6. The highest BCUT2D eigenvalue weighted by Crippen LogP contribution is 2.21. The van der Waals surface area contributed by atoms with Crippen LogP contribution >= 0.6 is 0 Å². The van der Waals surface area contributed by atoms with Crippen molar-refractivity contribution in [1.82, 2.24) is 4.57 Å². The third-order valence-electron chi connectivity index (χ3n) is 4.90. The monoisotopic (exact) mass is 395 g/mol. The summed E-state index contributed by atoms with van der Waals surface area (Å²) in [5.41, 5.74) is 4.07. The van der Waals surface area contributed by atoms with Gasteiger partial charge in [0.05, 0.1) is 26.3 Å². The van der Waals surface area contributed by atoms with E-state index in [9.17, 15) is 9.59 Å². The maximum absolute atomic E-state index is 12.6. The first-order valence-electron chi connectivity index (χ1n) is 9.40. The summed E-state index contributed by atoms with van der Waals surface area (Å²) >= 11 is 0. The highest BCUT2D eigenvalue weighted by atomic mass is 16.5. The van der Waals surface area contributed by atoms with Gasteiger partial charge < -0.3 is 18.5 Å². The molecule has 29 heavy (non-hydrogen) atoms. The van der Waals surface area contributed by atoms with Gasteiger partial charge in [-0.15, -0.1) is 0 Å². The minimum Gasteiger partial charge on any atom is -0.496 e. The Bertz CT molecular complexity index is 1010. The van der Waals surface area contributed by atoms with Crippen molar-refractivity contribution >= 4 is 11.8 Å². The molecule has 0 fully saturated rings. The first-order chi connectivity index (χ1) is 13.9. The molecule has 6 nitrogen and oxygen atoms in total. The predicted molar refractivity (Wildman–Crippen MR) is 108 cm³/mol. The number of aryl methyl sites for hydroxylation is 2. The fourth-order valence-electron chi connectivity index (χ4n) is 3.36. The number of furan rings is 1. The molecule has 0 aliphatic carbocycles. The van der Waals surface area contributed by atoms with Crippen LogP contribution in [0.4, 0.5) is 0 Å². The largest absolute Gasteiger partial charge is 0.496 e. The lowest BCUT2D eigenvalue weighted by molar-refractivity contribution is -0.141. The number of aromatic nitrogens is 1. The summed E-state index contributed by atoms with van der Waals surface area (Å²) in [5.74, 6) is 0.740. The zero-order valence-corrected chi connectivity index (χ0v) is 17.2. The van der Waals surface area contributed by atoms with Crippen LogP contribution in [0.5, 0.6) is 5.75 Å². The van der Waals surface area contributed by atoms with E-state index in [4.69, 9.17) is 13.9 Å². The van der Waals surface area contributed by atoms with Crippen LogP contribution in [0, 0.1) is 20.8 Å². The van der Waals surface area contributed by atoms with E-state index in [1.54, 1.807) is 13.4 Å². The van der Waals surface area contributed by atoms with Crippen LogP contribution in [0.3, 0.4) is 0 Å². The van der Waals surface area contributed by atoms with Crippen molar-refractivity contribution in [2.45, 2.75) is 33.7 Å². The number of ether oxygens (including phenoxy) is 2. The molecule has 0 aliphatic heterocycles. The van der Waals surface area contributed by atoms with Crippen molar-refractivity contribution in [1.29, 1.82) is 0 Å². The number of esters is 1. The fraction of sp³-hybridized carbons (Fsp3) is 0.304. The number of ketones is 1. The molecule has 152 valence electrons. The average molecular weight is 395 g/mol. The van der Waals surface area contributed by atoms with Crippen LogP contribution in [0.15, 0.2) is 47.1 Å². The molecule has 6 heteroatoms. The highest BCUT2D eigenvalue weighted by Gasteiger charge is 2.18. The van der Waals surface area contributed by atoms with Gasteiger partial charge in [0.25, 0.3) is 0 Å². The van der Waals surface area contributed by atoms with Gasteiger partial charge in [-0.05, 0) is 45.0 Å². The molecule has 0 saturated heterocycles. The Hall–Kier alpha value is -3.28. The Kier molecular flexibility index (Phi) is 6.22. The third-order valence-corrected chi connectivity index (χ3v) is 4.90. The number of Topliss-reactive ketones (excluding diaryl/α,β-unsaturated/α-hetero) is 1. The first-order valence-corrected chi connectivity index (χ1v) is 9.40. The quantitative estimate of drug-likeness (QED) is 0.425. The molecule has 0 saturated carbocycles. The Labute approximate surface area is 170 Å². The van der Waals surface area contributed by atoms with E-state index in [2.05, 4.69) is 0 Å². The molecular weight excluding hydrogens is 370 g/mol. The molecular formula is C23H25NO5. The Morgan fingerprint density at radius 3 is 2.59 bits per heavy atom. The minimum atomic E-state index is -0.466. The topological polar surface area (TPSA) is 70.7 Å². The lowest BCUT2D eigenvalue weighted by atomic mass is 10.1. The second-order valence-corrected chi connectivity index (χ2v) is 7.03. The zero-order chi connectivity index (χ0) is 21.0. The van der Waals surface area contributed by atoms with E-state index >= 15 is 0 Å². The van der Waals surface area contributed by atoms with Crippen LogP contribution in [-0.2, 0) is 22.5 Å². The molecule has 0 radical (unpaired) electrons. The molecule has 0 unspecified atom stereocenters. The number of hydrogen-bond acceptors (Lipinski definition) is 5. The summed E-state index contributed by atoms with van der Waals surface area (Å²) in [6, 6.07) is 11.1. The molecule has 0 N–H and O–H groups in total. The highest BCUT2D eigenvalue weighted by molar-refractivity contribution is 5.99. The predicted octanol–water partition coefficient (Wildman–Crippen LogP) is 4.03. The second kappa shape index (κ2) is 8.82. The standard InChI is InChI=1S/C23H25NO5/c1-15-7-8-22(27-4)18(10-15)12-23(26)29-14-21(25)20-11-16(2)24(17(20)3)13-19-6-5-9-28-19/h5-11H,12-14H2,1-4H3. The van der Waals surface area contributed by atoms with Crippen molar-refractivity contribution in [3.63, 3.8) is 0 Å². The SMILES string of the molecule is COc1ccc(C)cc1CC(=O)OCC(=O)c1cc(C)n(Cc2ccco2)c1C. The van der Waals surface area contributed by atoms with Gasteiger partial charge in [0.15, 0.2) is 6.61 Å². The Balaban J connectivity index is 1.64. The zero-order valence-electron chi connectivity index (χ0n) is 17.2. The minimum absolute atomic E-state index is 0.0512. The summed E-state index contributed by atoms with van der Waals surface area (Å²) in [4.78, 5) is 24.9. The van der Waals surface area contributed by atoms with Crippen LogP contribution in [0.25, 0.3) is 0 Å². The first kappa shape index (κ1) is 20.5. The maximum Gasteiger partial charge on any atom is 0.310 e. The van der Waals surface area contributed by atoms with E-state index in [1.165, 1.54) is 0 Å². The summed E-state index contributed by atoms with van der Waals surface area (Å²) in [6.07, 6.45) is 1.67. The smallest absolute Gasteiger partial charge is 0.310 e. The Morgan fingerprint density at radius 1 is 1.10 bits per heavy atom. The lowest BCUT2D eigenvalue weighted by Gasteiger charge is -2.10. The molecule has 0 aliphatic rings. The summed E-state index contributed by atoms with van der Waals surface area (Å²) in [7, 11) is 1.56. The van der Waals surface area contributed by atoms with Crippen LogP contribution in [-0.4, -0.2) is 30.0 Å². The third kappa shape index (κ3) is 4.77. The number of hydrogen-bond donors (Lipinski definition) is 0. The summed E-state index contributed by atoms with van der Waals surface area (Å²) in [6.45, 7) is 6.00. The fourth-order valence-corrected chi connectivity index (χ4v) is 3.36.